The molecule has 0 aromatic heterocycles. The highest BCUT2D eigenvalue weighted by Crippen LogP contribution is 2.43. The fraction of sp³-hybridized carbons (Fsp3) is 0.690. The Labute approximate surface area is 580 Å². The van der Waals surface area contributed by atoms with Crippen LogP contribution < -0.4 is 0 Å². The SMILES string of the molecule is CC/C=C\C/C=C\C/C=C\C/C=C\C/C=C\C/C=C\C/C=C\C/C=C\C/C=C\C/C=C\C/C=C\C/C=C\CCCCCCC(=O)OC(COC(=O)CCCCCCCCCCCCCCCCCCCCCCCCCCCCCCC)COP(=O)(O)OCC[N+](C)(C)C. The Hall–Kier alpha value is -4.11. The van der Waals surface area contributed by atoms with Crippen LogP contribution in [0.15, 0.2) is 146 Å². The third-order valence-electron chi connectivity index (χ3n) is 16.4. The number of likely N-dealkylation sites (N-methyl/N-ethyl adjacent to an activating group) is 1. The van der Waals surface area contributed by atoms with Gasteiger partial charge in [0.2, 0.25) is 0 Å². The molecule has 0 rings (SSSR count). The summed E-state index contributed by atoms with van der Waals surface area (Å²) < 4.78 is 34.7. The second-order valence-electron chi connectivity index (χ2n) is 26.7. The quantitative estimate of drug-likeness (QED) is 0.0211. The van der Waals surface area contributed by atoms with Crippen LogP contribution >= 0.6 is 7.82 Å². The highest BCUT2D eigenvalue weighted by Gasteiger charge is 2.27. The van der Waals surface area contributed by atoms with Gasteiger partial charge in [0, 0.05) is 12.8 Å². The molecule has 0 aromatic carbocycles. The molecule has 0 heterocycles. The Morgan fingerprint density at radius 3 is 0.904 bits per heavy atom. The third-order valence-corrected chi connectivity index (χ3v) is 17.4. The first-order valence-electron chi connectivity index (χ1n) is 38.6. The van der Waals surface area contributed by atoms with Crippen LogP contribution in [0.2, 0.25) is 0 Å². The number of unbranched alkanes of at least 4 members (excludes halogenated alkanes) is 32. The van der Waals surface area contributed by atoms with Crippen molar-refractivity contribution in [3.8, 4) is 0 Å². The molecule has 0 bridgehead atoms. The summed E-state index contributed by atoms with van der Waals surface area (Å²) in [5.41, 5.74) is 0. The molecule has 0 aromatic rings. The molecule has 0 saturated heterocycles. The van der Waals surface area contributed by atoms with E-state index in [1.54, 1.807) is 0 Å². The first-order chi connectivity index (χ1) is 46.0. The van der Waals surface area contributed by atoms with Crippen LogP contribution in [0, 0.1) is 0 Å². The monoisotopic (exact) mass is 1330 g/mol. The molecule has 0 aliphatic carbocycles. The lowest BCUT2D eigenvalue weighted by atomic mass is 10.0. The highest BCUT2D eigenvalue weighted by atomic mass is 31.2. The van der Waals surface area contributed by atoms with Gasteiger partial charge in [-0.2, -0.15) is 0 Å². The Balaban J connectivity index is 4.11. The van der Waals surface area contributed by atoms with Gasteiger partial charge in [0.15, 0.2) is 6.10 Å². The van der Waals surface area contributed by atoms with Gasteiger partial charge in [0.1, 0.15) is 19.8 Å². The Kier molecular flexibility index (Phi) is 69.9. The van der Waals surface area contributed by atoms with Crippen LogP contribution in [0.5, 0.6) is 0 Å². The smallest absolute Gasteiger partial charge is 0.462 e. The number of hydrogen-bond donors (Lipinski definition) is 1. The van der Waals surface area contributed by atoms with Crippen molar-refractivity contribution >= 4 is 19.8 Å². The summed E-state index contributed by atoms with van der Waals surface area (Å²) in [6.45, 7) is 4.32. The average Bonchev–Trinajstić information content (AvgIpc) is 1.57. The van der Waals surface area contributed by atoms with Gasteiger partial charge in [0.25, 0.3) is 0 Å². The average molecular weight is 1330 g/mol. The molecule has 2 unspecified atom stereocenters. The maximum absolute atomic E-state index is 12.9. The van der Waals surface area contributed by atoms with E-state index in [-0.39, 0.29) is 32.0 Å². The number of quaternary nitrogens is 1. The second kappa shape index (κ2) is 73.1. The number of rotatable bonds is 70. The van der Waals surface area contributed by atoms with Crippen LogP contribution in [0.1, 0.15) is 322 Å². The molecule has 0 aliphatic rings. The maximum Gasteiger partial charge on any atom is 0.472 e. The van der Waals surface area contributed by atoms with Crippen molar-refractivity contribution in [2.24, 2.45) is 0 Å². The fourth-order valence-electron chi connectivity index (χ4n) is 10.5. The van der Waals surface area contributed by atoms with E-state index in [0.717, 1.165) is 122 Å². The van der Waals surface area contributed by atoms with Crippen molar-refractivity contribution in [1.29, 1.82) is 0 Å². The third kappa shape index (κ3) is 76.9. The van der Waals surface area contributed by atoms with E-state index in [0.29, 0.717) is 17.4 Å². The summed E-state index contributed by atoms with van der Waals surface area (Å²) >= 11 is 0. The number of phosphoric ester groups is 1. The van der Waals surface area contributed by atoms with Gasteiger partial charge in [-0.25, -0.2) is 4.57 Å². The molecule has 1 N–H and O–H groups in total. The second-order valence-corrected chi connectivity index (χ2v) is 28.1. The fourth-order valence-corrected chi connectivity index (χ4v) is 11.3. The minimum atomic E-state index is -4.41. The first-order valence-corrected chi connectivity index (χ1v) is 40.1. The Morgan fingerprint density at radius 2 is 0.606 bits per heavy atom. The molecule has 0 saturated carbocycles. The van der Waals surface area contributed by atoms with E-state index in [4.69, 9.17) is 18.5 Å². The van der Waals surface area contributed by atoms with E-state index in [1.807, 2.05) is 21.1 Å². The van der Waals surface area contributed by atoms with Gasteiger partial charge >= 0.3 is 19.8 Å². The van der Waals surface area contributed by atoms with Crippen LogP contribution in [-0.2, 0) is 32.7 Å². The molecule has 0 amide bonds. The van der Waals surface area contributed by atoms with E-state index in [1.165, 1.54) is 167 Å². The van der Waals surface area contributed by atoms with Crippen molar-refractivity contribution in [1.82, 2.24) is 0 Å². The predicted octanol–water partition coefficient (Wildman–Crippen LogP) is 25.7. The summed E-state index contributed by atoms with van der Waals surface area (Å²) in [6, 6.07) is 0. The lowest BCUT2D eigenvalue weighted by Gasteiger charge is -2.24. The maximum atomic E-state index is 12.9. The van der Waals surface area contributed by atoms with E-state index < -0.39 is 26.5 Å². The van der Waals surface area contributed by atoms with Gasteiger partial charge in [0.05, 0.1) is 27.7 Å². The number of carbonyl (C=O) groups is 2. The molecular formula is C84H145NO8P+. The lowest BCUT2D eigenvalue weighted by molar-refractivity contribution is -0.870. The molecule has 2 atom stereocenters. The summed E-state index contributed by atoms with van der Waals surface area (Å²) in [5, 5.41) is 0. The molecule has 94 heavy (non-hydrogen) atoms. The van der Waals surface area contributed by atoms with Gasteiger partial charge < -0.3 is 18.9 Å². The number of ether oxygens (including phenoxy) is 2. The minimum Gasteiger partial charge on any atom is -0.462 e. The van der Waals surface area contributed by atoms with Crippen LogP contribution in [0.25, 0.3) is 0 Å². The summed E-state index contributed by atoms with van der Waals surface area (Å²) in [7, 11) is 1.45. The van der Waals surface area contributed by atoms with Crippen LogP contribution in [-0.4, -0.2) is 74.9 Å². The van der Waals surface area contributed by atoms with Crippen molar-refractivity contribution in [3.63, 3.8) is 0 Å². The van der Waals surface area contributed by atoms with Crippen molar-refractivity contribution in [2.75, 3.05) is 47.5 Å². The van der Waals surface area contributed by atoms with Gasteiger partial charge in [-0.15, -0.1) is 0 Å². The number of esters is 2. The molecule has 0 aliphatic heterocycles. The number of nitrogens with zero attached hydrogens (tertiary/aromatic N) is 1. The van der Waals surface area contributed by atoms with Crippen molar-refractivity contribution < 1.29 is 42.1 Å². The van der Waals surface area contributed by atoms with Crippen LogP contribution in [0.4, 0.5) is 0 Å². The summed E-state index contributed by atoms with van der Waals surface area (Å²) in [4.78, 5) is 35.9. The zero-order chi connectivity index (χ0) is 68.3. The van der Waals surface area contributed by atoms with E-state index in [2.05, 4.69) is 160 Å². The standard InChI is InChI=1S/C84H144NO8P/c1-6-8-10-12-14-16-18-20-22-24-26-28-30-32-34-36-37-38-39-40-41-42-43-44-45-46-47-49-51-53-55-57-59-61-63-65-67-69-71-73-75-77-84(87)93-82(81-92-94(88,89)91-79-78-85(3,4)5)80-90-83(86)76-74-72-70-68-66-64-62-60-58-56-54-52-50-48-35-33-31-29-27-25-23-21-19-17-15-13-11-9-7-2/h8,10,14,16,20,22,26,28,32,34,37-38,40-41,43-44,46-47,51,53,57,59,63,65,82H,6-7,9,11-13,15,17-19,21,23-25,27,29-31,33,35-36,39,42,45,48-50,52,54-56,58,60-62,64,66-81H2,1-5H3/p+1/b10-8-,16-14-,22-20-,28-26-,34-32-,38-37-,41-40-,44-43-,47-46-,53-51-,59-57-,65-63-. The summed E-state index contributed by atoms with van der Waals surface area (Å²) in [5.74, 6) is -0.823. The Morgan fingerprint density at radius 1 is 0.340 bits per heavy atom. The number of allylic oxidation sites excluding steroid dienone is 24. The number of carbonyl (C=O) groups excluding carboxylic acids is 2. The largest absolute Gasteiger partial charge is 0.472 e. The van der Waals surface area contributed by atoms with Gasteiger partial charge in [-0.1, -0.05) is 352 Å². The lowest BCUT2D eigenvalue weighted by Crippen LogP contribution is -2.37. The molecule has 0 spiro atoms. The zero-order valence-electron chi connectivity index (χ0n) is 61.4. The normalized spacial score (nSPS) is 13.9. The topological polar surface area (TPSA) is 108 Å². The van der Waals surface area contributed by atoms with E-state index >= 15 is 0 Å². The zero-order valence-corrected chi connectivity index (χ0v) is 62.3. The molecule has 0 fully saturated rings. The van der Waals surface area contributed by atoms with Gasteiger partial charge in [-0.05, 0) is 103 Å². The molecule has 538 valence electrons. The van der Waals surface area contributed by atoms with Gasteiger partial charge in [-0.3, -0.25) is 18.6 Å². The number of phosphoric acid groups is 1. The molecular weight excluding hydrogens is 1180 g/mol. The molecule has 0 radical (unpaired) electrons. The molecule has 9 nitrogen and oxygen atoms in total. The van der Waals surface area contributed by atoms with Crippen molar-refractivity contribution in [2.45, 2.75) is 328 Å². The van der Waals surface area contributed by atoms with Crippen molar-refractivity contribution in [3.05, 3.63) is 146 Å². The minimum absolute atomic E-state index is 0.0208. The summed E-state index contributed by atoms with van der Waals surface area (Å²) in [6.07, 6.45) is 108. The Bertz CT molecular complexity index is 2100. The highest BCUT2D eigenvalue weighted by molar-refractivity contribution is 7.47. The predicted molar refractivity (Wildman–Crippen MR) is 408 cm³/mol. The molecule has 10 heteroatoms. The number of hydrogen-bond acceptors (Lipinski definition) is 7. The van der Waals surface area contributed by atoms with E-state index in [9.17, 15) is 19.0 Å². The first kappa shape index (κ1) is 89.9. The van der Waals surface area contributed by atoms with Crippen LogP contribution in [0.3, 0.4) is 0 Å².